The number of thioether (sulfide) groups is 1. The monoisotopic (exact) mass is 480 g/mol. The van der Waals surface area contributed by atoms with Crippen LogP contribution in [-0.2, 0) is 16.1 Å². The van der Waals surface area contributed by atoms with Gasteiger partial charge in [0.1, 0.15) is 5.75 Å². The first kappa shape index (κ1) is 22.9. The first-order valence-corrected chi connectivity index (χ1v) is 11.6. The average molecular weight is 481 g/mol. The molecule has 1 fully saturated rings. The van der Waals surface area contributed by atoms with Gasteiger partial charge in [0.15, 0.2) is 0 Å². The van der Waals surface area contributed by atoms with E-state index in [0.717, 1.165) is 33.7 Å². The highest BCUT2D eigenvalue weighted by Crippen LogP contribution is 2.32. The number of carbonyl (C=O) groups is 3. The number of halogens is 1. The van der Waals surface area contributed by atoms with Crippen molar-refractivity contribution in [3.8, 4) is 5.75 Å². The fraction of sp³-hybridized carbons (Fsp3) is 0.160. The third-order valence-corrected chi connectivity index (χ3v) is 6.12. The summed E-state index contributed by atoms with van der Waals surface area (Å²) in [5.74, 6) is 0.278. The number of nitrogens with one attached hydrogen (secondary N) is 2. The Bertz CT molecular complexity index is 1240. The molecule has 0 bridgehead atoms. The van der Waals surface area contributed by atoms with Crippen molar-refractivity contribution >= 4 is 57.3 Å². The third kappa shape index (κ3) is 5.94. The minimum Gasteiger partial charge on any atom is -0.493 e. The number of ether oxygens (including phenoxy) is 1. The molecule has 0 saturated carbocycles. The lowest BCUT2D eigenvalue weighted by Crippen LogP contribution is -2.22. The van der Waals surface area contributed by atoms with E-state index < -0.39 is 0 Å². The van der Waals surface area contributed by atoms with E-state index in [-0.39, 0.29) is 17.1 Å². The fourth-order valence-electron chi connectivity index (χ4n) is 3.41. The third-order valence-electron chi connectivity index (χ3n) is 5.06. The summed E-state index contributed by atoms with van der Waals surface area (Å²) in [7, 11) is 0. The van der Waals surface area contributed by atoms with Crippen LogP contribution >= 0.6 is 23.4 Å². The Morgan fingerprint density at radius 2 is 1.79 bits per heavy atom. The molecule has 0 unspecified atom stereocenters. The number of rotatable bonds is 8. The van der Waals surface area contributed by atoms with E-state index in [0.29, 0.717) is 41.7 Å². The molecule has 3 amide bonds. The fourth-order valence-corrected chi connectivity index (χ4v) is 4.21. The molecule has 0 aromatic heterocycles. The number of hydrogen-bond donors (Lipinski definition) is 2. The molecule has 4 rings (SSSR count). The molecule has 1 aliphatic heterocycles. The molecule has 0 atom stereocenters. The lowest BCUT2D eigenvalue weighted by Gasteiger charge is -2.12. The molecule has 2 N–H and O–H groups in total. The van der Waals surface area contributed by atoms with Gasteiger partial charge in [-0.15, -0.1) is 0 Å². The number of hydrogen-bond acceptors (Lipinski definition) is 5. The highest BCUT2D eigenvalue weighted by molar-refractivity contribution is 8.18. The molecule has 3 aromatic rings. The van der Waals surface area contributed by atoms with Crippen molar-refractivity contribution in [2.45, 2.75) is 19.4 Å². The topological polar surface area (TPSA) is 84.5 Å². The van der Waals surface area contributed by atoms with Crippen LogP contribution in [0.1, 0.15) is 24.0 Å². The Morgan fingerprint density at radius 3 is 2.52 bits per heavy atom. The lowest BCUT2D eigenvalue weighted by atomic mass is 10.0. The summed E-state index contributed by atoms with van der Waals surface area (Å²) in [4.78, 5) is 35.8. The standard InChI is InChI=1S/C25H21ClN2O4S/c26-18-10-7-16(8-11-18)15-27-23(29)6-3-13-32-21-12-9-17(19-4-1-2-5-20(19)21)14-22-24(30)28-25(31)33-22/h1-2,4-5,7-12,14H,3,6,13,15H2,(H,27,29)(H,28,30,31)/b22-14+. The summed E-state index contributed by atoms with van der Waals surface area (Å²) in [5, 5.41) is 7.26. The molecular weight excluding hydrogens is 460 g/mol. The van der Waals surface area contributed by atoms with Crippen LogP contribution in [0, 0.1) is 0 Å². The average Bonchev–Trinajstić information content (AvgIpc) is 3.13. The molecule has 0 spiro atoms. The Balaban J connectivity index is 1.34. The summed E-state index contributed by atoms with van der Waals surface area (Å²) in [6, 6.07) is 18.8. The smallest absolute Gasteiger partial charge is 0.290 e. The summed E-state index contributed by atoms with van der Waals surface area (Å²) >= 11 is 6.76. The van der Waals surface area contributed by atoms with E-state index in [4.69, 9.17) is 16.3 Å². The molecule has 1 aliphatic rings. The Kier molecular flexibility index (Phi) is 7.32. The van der Waals surface area contributed by atoms with Gasteiger partial charge < -0.3 is 10.1 Å². The Hall–Kier alpha value is -3.29. The maximum absolute atomic E-state index is 12.1. The van der Waals surface area contributed by atoms with E-state index in [9.17, 15) is 14.4 Å². The van der Waals surface area contributed by atoms with Crippen LogP contribution in [0.4, 0.5) is 4.79 Å². The van der Waals surface area contributed by atoms with Crippen LogP contribution in [0.2, 0.25) is 5.02 Å². The molecule has 168 valence electrons. The maximum atomic E-state index is 12.1. The van der Waals surface area contributed by atoms with Gasteiger partial charge in [0.05, 0.1) is 11.5 Å². The molecule has 1 saturated heterocycles. The van der Waals surface area contributed by atoms with E-state index in [1.807, 2.05) is 48.5 Å². The molecule has 3 aromatic carbocycles. The molecule has 1 heterocycles. The number of amides is 3. The van der Waals surface area contributed by atoms with Gasteiger partial charge in [-0.2, -0.15) is 0 Å². The largest absolute Gasteiger partial charge is 0.493 e. The summed E-state index contributed by atoms with van der Waals surface area (Å²) in [5.41, 5.74) is 1.82. The van der Waals surface area contributed by atoms with E-state index >= 15 is 0 Å². The first-order valence-electron chi connectivity index (χ1n) is 10.4. The van der Waals surface area contributed by atoms with Crippen LogP contribution in [-0.4, -0.2) is 23.7 Å². The second-order valence-electron chi connectivity index (χ2n) is 7.41. The summed E-state index contributed by atoms with van der Waals surface area (Å²) in [6.07, 6.45) is 2.64. The lowest BCUT2D eigenvalue weighted by molar-refractivity contribution is -0.121. The van der Waals surface area contributed by atoms with Crippen molar-refractivity contribution < 1.29 is 19.1 Å². The quantitative estimate of drug-likeness (QED) is 0.338. The Labute approximate surface area is 200 Å². The normalized spacial score (nSPS) is 14.5. The molecular formula is C25H21ClN2O4S. The van der Waals surface area contributed by atoms with Gasteiger partial charge in [0, 0.05) is 23.4 Å². The first-order chi connectivity index (χ1) is 16.0. The number of imide groups is 1. The van der Waals surface area contributed by atoms with Crippen LogP contribution in [0.25, 0.3) is 16.8 Å². The number of carbonyl (C=O) groups excluding carboxylic acids is 3. The molecule has 33 heavy (non-hydrogen) atoms. The number of benzene rings is 3. The highest BCUT2D eigenvalue weighted by Gasteiger charge is 2.25. The zero-order valence-electron chi connectivity index (χ0n) is 17.6. The predicted molar refractivity (Wildman–Crippen MR) is 131 cm³/mol. The zero-order chi connectivity index (χ0) is 23.2. The van der Waals surface area contributed by atoms with Gasteiger partial charge in [0.2, 0.25) is 5.91 Å². The second-order valence-corrected chi connectivity index (χ2v) is 8.86. The van der Waals surface area contributed by atoms with Crippen molar-refractivity contribution in [2.24, 2.45) is 0 Å². The van der Waals surface area contributed by atoms with Crippen molar-refractivity contribution in [3.63, 3.8) is 0 Å². The van der Waals surface area contributed by atoms with Gasteiger partial charge >= 0.3 is 0 Å². The van der Waals surface area contributed by atoms with Crippen LogP contribution < -0.4 is 15.4 Å². The number of fused-ring (bicyclic) bond motifs is 1. The SMILES string of the molecule is O=C(CCCOc1ccc(/C=C2/SC(=O)NC2=O)c2ccccc12)NCc1ccc(Cl)cc1. The van der Waals surface area contributed by atoms with E-state index in [1.165, 1.54) is 0 Å². The van der Waals surface area contributed by atoms with Gasteiger partial charge in [-0.1, -0.05) is 54.1 Å². The van der Waals surface area contributed by atoms with Gasteiger partial charge in [-0.05, 0) is 59.0 Å². The van der Waals surface area contributed by atoms with Gasteiger partial charge in [-0.3, -0.25) is 19.7 Å². The highest BCUT2D eigenvalue weighted by atomic mass is 35.5. The molecule has 0 aliphatic carbocycles. The maximum Gasteiger partial charge on any atom is 0.290 e. The van der Waals surface area contributed by atoms with Crippen LogP contribution in [0.5, 0.6) is 5.75 Å². The van der Waals surface area contributed by atoms with Gasteiger partial charge in [-0.25, -0.2) is 0 Å². The minimum absolute atomic E-state index is 0.0396. The summed E-state index contributed by atoms with van der Waals surface area (Å²) < 4.78 is 5.95. The zero-order valence-corrected chi connectivity index (χ0v) is 19.2. The minimum atomic E-state index is -0.385. The molecule has 8 heteroatoms. The summed E-state index contributed by atoms with van der Waals surface area (Å²) in [6.45, 7) is 0.853. The van der Waals surface area contributed by atoms with E-state index in [1.54, 1.807) is 18.2 Å². The predicted octanol–water partition coefficient (Wildman–Crippen LogP) is 5.29. The Morgan fingerprint density at radius 1 is 1.03 bits per heavy atom. The molecule has 0 radical (unpaired) electrons. The van der Waals surface area contributed by atoms with Gasteiger partial charge in [0.25, 0.3) is 11.1 Å². The molecule has 6 nitrogen and oxygen atoms in total. The van der Waals surface area contributed by atoms with Crippen molar-refractivity contribution in [1.82, 2.24) is 10.6 Å². The van der Waals surface area contributed by atoms with Crippen molar-refractivity contribution in [3.05, 3.63) is 81.7 Å². The van der Waals surface area contributed by atoms with Crippen LogP contribution in [0.3, 0.4) is 0 Å². The van der Waals surface area contributed by atoms with Crippen molar-refractivity contribution in [2.75, 3.05) is 6.61 Å². The van der Waals surface area contributed by atoms with E-state index in [2.05, 4.69) is 10.6 Å². The van der Waals surface area contributed by atoms with Crippen molar-refractivity contribution in [1.29, 1.82) is 0 Å². The van der Waals surface area contributed by atoms with Crippen LogP contribution in [0.15, 0.2) is 65.6 Å². The second kappa shape index (κ2) is 10.6.